The lowest BCUT2D eigenvalue weighted by Gasteiger charge is -2.34. The highest BCUT2D eigenvalue weighted by atomic mass is 16.6. The fraction of sp³-hybridized carbons (Fsp3) is 0.174. The van der Waals surface area contributed by atoms with Crippen LogP contribution in [-0.2, 0) is 11.2 Å². The van der Waals surface area contributed by atoms with Crippen molar-refractivity contribution in [2.75, 3.05) is 7.11 Å². The van der Waals surface area contributed by atoms with E-state index in [1.807, 2.05) is 0 Å². The molecule has 1 heterocycles. The molecule has 3 aromatic rings. The van der Waals surface area contributed by atoms with E-state index in [4.69, 9.17) is 14.2 Å². The number of rotatable bonds is 4. The van der Waals surface area contributed by atoms with Crippen LogP contribution in [0.2, 0.25) is 0 Å². The van der Waals surface area contributed by atoms with Crippen molar-refractivity contribution in [3.05, 3.63) is 59.2 Å². The molecule has 33 heavy (non-hydrogen) atoms. The molecule has 0 fully saturated rings. The molecule has 10 nitrogen and oxygen atoms in total. The van der Waals surface area contributed by atoms with Crippen LogP contribution in [0.4, 0.5) is 0 Å². The molecule has 10 heteroatoms. The maximum atomic E-state index is 12.8. The molecule has 0 amide bonds. The van der Waals surface area contributed by atoms with Crippen LogP contribution in [0.15, 0.2) is 42.5 Å². The zero-order valence-corrected chi connectivity index (χ0v) is 17.2. The van der Waals surface area contributed by atoms with E-state index in [0.717, 1.165) is 12.1 Å². The Bertz CT molecular complexity index is 1190. The van der Waals surface area contributed by atoms with Gasteiger partial charge in [-0.25, -0.2) is 4.79 Å². The van der Waals surface area contributed by atoms with Gasteiger partial charge in [0.05, 0.1) is 12.7 Å². The molecular weight excluding hydrogens is 436 g/mol. The lowest BCUT2D eigenvalue weighted by molar-refractivity contribution is -0.0184. The molecule has 2 atom stereocenters. The molecule has 0 bridgehead atoms. The molecule has 0 aromatic heterocycles. The molecule has 172 valence electrons. The summed E-state index contributed by atoms with van der Waals surface area (Å²) in [6, 6.07) is 9.29. The van der Waals surface area contributed by atoms with Crippen LogP contribution in [0.3, 0.4) is 0 Å². The average Bonchev–Trinajstić information content (AvgIpc) is 2.79. The third-order valence-electron chi connectivity index (χ3n) is 5.27. The van der Waals surface area contributed by atoms with Gasteiger partial charge in [-0.3, -0.25) is 0 Å². The summed E-state index contributed by atoms with van der Waals surface area (Å²) in [4.78, 5) is 12.8. The molecule has 0 unspecified atom stereocenters. The summed E-state index contributed by atoms with van der Waals surface area (Å²) >= 11 is 0. The number of methoxy groups -OCH3 is 1. The summed E-state index contributed by atoms with van der Waals surface area (Å²) in [7, 11) is 1.49. The van der Waals surface area contributed by atoms with Crippen molar-refractivity contribution in [3.63, 3.8) is 0 Å². The standard InChI is InChI=1S/C23H20O10/c1-31-13-3-2-10-8-19(33-23(30)12-6-16(26)21(29)17(27)7-12)22(32-18(10)9-13)11-4-14(24)20(28)15(25)5-11/h2-7,9,19,22,24-29H,8H2,1H3/t19-,22+/m1/s1. The summed E-state index contributed by atoms with van der Waals surface area (Å²) in [6.07, 6.45) is -1.81. The van der Waals surface area contributed by atoms with Gasteiger partial charge in [0, 0.05) is 18.1 Å². The number of esters is 1. The normalized spacial score (nSPS) is 17.0. The van der Waals surface area contributed by atoms with Crippen LogP contribution in [-0.4, -0.2) is 49.8 Å². The monoisotopic (exact) mass is 456 g/mol. The zero-order valence-electron chi connectivity index (χ0n) is 17.2. The summed E-state index contributed by atoms with van der Waals surface area (Å²) in [5.74, 6) is -4.06. The number of hydrogen-bond donors (Lipinski definition) is 6. The quantitative estimate of drug-likeness (QED) is 0.254. The van der Waals surface area contributed by atoms with E-state index in [0.29, 0.717) is 17.1 Å². The minimum absolute atomic E-state index is 0.175. The van der Waals surface area contributed by atoms with Gasteiger partial charge >= 0.3 is 5.97 Å². The Morgan fingerprint density at radius 3 is 2.03 bits per heavy atom. The number of hydrogen-bond acceptors (Lipinski definition) is 10. The Morgan fingerprint density at radius 1 is 0.879 bits per heavy atom. The predicted molar refractivity (Wildman–Crippen MR) is 112 cm³/mol. The lowest BCUT2D eigenvalue weighted by atomic mass is 9.94. The van der Waals surface area contributed by atoms with Crippen molar-refractivity contribution in [2.24, 2.45) is 0 Å². The Balaban J connectivity index is 1.72. The minimum Gasteiger partial charge on any atom is -0.504 e. The summed E-state index contributed by atoms with van der Waals surface area (Å²) < 4.78 is 16.8. The van der Waals surface area contributed by atoms with Crippen molar-refractivity contribution >= 4 is 5.97 Å². The number of carbonyl (C=O) groups excluding carboxylic acids is 1. The topological polar surface area (TPSA) is 166 Å². The maximum Gasteiger partial charge on any atom is 0.338 e. The molecule has 0 saturated carbocycles. The SMILES string of the molecule is COc1ccc2c(c1)O[C@@H](c1cc(O)c(O)c(O)c1)[C@H](OC(=O)c1cc(O)c(O)c(O)c1)C2. The second kappa shape index (κ2) is 8.23. The van der Waals surface area contributed by atoms with Crippen LogP contribution >= 0.6 is 0 Å². The molecule has 3 aromatic carbocycles. The highest BCUT2D eigenvalue weighted by Gasteiger charge is 2.36. The van der Waals surface area contributed by atoms with Crippen molar-refractivity contribution < 1.29 is 49.6 Å². The lowest BCUT2D eigenvalue weighted by Crippen LogP contribution is -2.34. The van der Waals surface area contributed by atoms with E-state index >= 15 is 0 Å². The fourth-order valence-electron chi connectivity index (χ4n) is 3.58. The second-order valence-corrected chi connectivity index (χ2v) is 7.43. The Kier molecular flexibility index (Phi) is 5.42. The van der Waals surface area contributed by atoms with Crippen molar-refractivity contribution in [1.82, 2.24) is 0 Å². The van der Waals surface area contributed by atoms with E-state index in [9.17, 15) is 35.4 Å². The number of benzene rings is 3. The number of fused-ring (bicyclic) bond motifs is 1. The van der Waals surface area contributed by atoms with E-state index < -0.39 is 52.7 Å². The van der Waals surface area contributed by atoms with Gasteiger partial charge in [0.2, 0.25) is 0 Å². The molecule has 1 aliphatic heterocycles. The number of phenolic OH excluding ortho intramolecular Hbond substituents is 6. The van der Waals surface area contributed by atoms with Crippen LogP contribution in [0.5, 0.6) is 46.0 Å². The molecule has 6 N–H and O–H groups in total. The molecule has 0 radical (unpaired) electrons. The van der Waals surface area contributed by atoms with Gasteiger partial charge in [0.15, 0.2) is 40.6 Å². The number of phenols is 6. The van der Waals surface area contributed by atoms with Crippen molar-refractivity contribution in [3.8, 4) is 46.0 Å². The number of ether oxygens (including phenoxy) is 3. The van der Waals surface area contributed by atoms with E-state index in [2.05, 4.69) is 0 Å². The van der Waals surface area contributed by atoms with E-state index in [1.54, 1.807) is 18.2 Å². The van der Waals surface area contributed by atoms with E-state index in [1.165, 1.54) is 19.2 Å². The van der Waals surface area contributed by atoms with Crippen LogP contribution in [0.25, 0.3) is 0 Å². The molecule has 0 aliphatic carbocycles. The van der Waals surface area contributed by atoms with Crippen LogP contribution in [0, 0.1) is 0 Å². The van der Waals surface area contributed by atoms with Crippen molar-refractivity contribution in [2.45, 2.75) is 18.6 Å². The van der Waals surface area contributed by atoms with Gasteiger partial charge in [-0.2, -0.15) is 0 Å². The first kappa shape index (κ1) is 21.8. The van der Waals surface area contributed by atoms with Gasteiger partial charge in [-0.05, 0) is 35.9 Å². The summed E-state index contributed by atoms with van der Waals surface area (Å²) in [5.41, 5.74) is 0.678. The van der Waals surface area contributed by atoms with Crippen LogP contribution in [0.1, 0.15) is 27.6 Å². The Morgan fingerprint density at radius 2 is 1.45 bits per heavy atom. The summed E-state index contributed by atoms with van der Waals surface area (Å²) in [5, 5.41) is 58.5. The number of carbonyl (C=O) groups is 1. The molecule has 0 saturated heterocycles. The van der Waals surface area contributed by atoms with Crippen LogP contribution < -0.4 is 9.47 Å². The fourth-order valence-corrected chi connectivity index (χ4v) is 3.58. The highest BCUT2D eigenvalue weighted by Crippen LogP contribution is 2.43. The first-order chi connectivity index (χ1) is 15.7. The van der Waals surface area contributed by atoms with Gasteiger partial charge in [-0.1, -0.05) is 6.07 Å². The maximum absolute atomic E-state index is 12.8. The Labute approximate surface area is 187 Å². The smallest absolute Gasteiger partial charge is 0.338 e. The molecular formula is C23H20O10. The third kappa shape index (κ3) is 4.05. The van der Waals surface area contributed by atoms with Crippen molar-refractivity contribution in [1.29, 1.82) is 0 Å². The summed E-state index contributed by atoms with van der Waals surface area (Å²) in [6.45, 7) is 0. The minimum atomic E-state index is -1.01. The molecule has 4 rings (SSSR count). The largest absolute Gasteiger partial charge is 0.504 e. The highest BCUT2D eigenvalue weighted by molar-refractivity contribution is 5.91. The Hall–Kier alpha value is -4.47. The zero-order chi connectivity index (χ0) is 23.9. The second-order valence-electron chi connectivity index (χ2n) is 7.43. The van der Waals surface area contributed by atoms with Gasteiger partial charge in [-0.15, -0.1) is 0 Å². The third-order valence-corrected chi connectivity index (χ3v) is 5.27. The predicted octanol–water partition coefficient (Wildman–Crippen LogP) is 2.83. The van der Waals surface area contributed by atoms with Gasteiger partial charge < -0.3 is 44.8 Å². The first-order valence-electron chi connectivity index (χ1n) is 9.72. The molecule has 0 spiro atoms. The van der Waals surface area contributed by atoms with E-state index in [-0.39, 0.29) is 17.5 Å². The number of aromatic hydroxyl groups is 6. The van der Waals surface area contributed by atoms with Gasteiger partial charge in [0.1, 0.15) is 17.6 Å². The molecule has 1 aliphatic rings. The first-order valence-corrected chi connectivity index (χ1v) is 9.72. The average molecular weight is 456 g/mol. The van der Waals surface area contributed by atoms with Gasteiger partial charge in [0.25, 0.3) is 0 Å².